The lowest BCUT2D eigenvalue weighted by atomic mass is 9.90. The molecule has 2 N–H and O–H groups in total. The van der Waals surface area contributed by atoms with E-state index >= 15 is 0 Å². The SMILES string of the molecule is CC1(NC(=O)OC(C)(C)C)CCNC(=O)C1. The zero-order chi connectivity index (χ0) is 12.4. The molecule has 0 radical (unpaired) electrons. The van der Waals surface area contributed by atoms with Gasteiger partial charge in [-0.25, -0.2) is 4.79 Å². The second-order valence-electron chi connectivity index (χ2n) is 5.46. The quantitative estimate of drug-likeness (QED) is 0.708. The molecule has 0 aromatic heterocycles. The third-order valence-corrected chi connectivity index (χ3v) is 2.35. The summed E-state index contributed by atoms with van der Waals surface area (Å²) in [5.41, 5.74) is -1.01. The molecule has 5 nitrogen and oxygen atoms in total. The zero-order valence-corrected chi connectivity index (χ0v) is 10.3. The van der Waals surface area contributed by atoms with E-state index in [1.54, 1.807) is 0 Å². The van der Waals surface area contributed by atoms with E-state index in [0.29, 0.717) is 13.0 Å². The maximum absolute atomic E-state index is 11.6. The monoisotopic (exact) mass is 228 g/mol. The number of amides is 2. The van der Waals surface area contributed by atoms with E-state index in [9.17, 15) is 9.59 Å². The van der Waals surface area contributed by atoms with E-state index < -0.39 is 17.2 Å². The molecule has 5 heteroatoms. The highest BCUT2D eigenvalue weighted by Crippen LogP contribution is 2.19. The van der Waals surface area contributed by atoms with Gasteiger partial charge in [0.25, 0.3) is 0 Å². The largest absolute Gasteiger partial charge is 0.444 e. The number of rotatable bonds is 1. The molecule has 0 saturated carbocycles. The van der Waals surface area contributed by atoms with E-state index in [2.05, 4.69) is 10.6 Å². The van der Waals surface area contributed by atoms with Gasteiger partial charge in [0.2, 0.25) is 5.91 Å². The summed E-state index contributed by atoms with van der Waals surface area (Å²) < 4.78 is 5.16. The van der Waals surface area contributed by atoms with Crippen LogP contribution in [0.15, 0.2) is 0 Å². The van der Waals surface area contributed by atoms with Crippen molar-refractivity contribution in [1.82, 2.24) is 10.6 Å². The van der Waals surface area contributed by atoms with Crippen LogP contribution in [0.25, 0.3) is 0 Å². The predicted molar refractivity (Wildman–Crippen MR) is 60.0 cm³/mol. The van der Waals surface area contributed by atoms with Gasteiger partial charge in [-0.3, -0.25) is 4.79 Å². The number of hydrogen-bond acceptors (Lipinski definition) is 3. The maximum Gasteiger partial charge on any atom is 0.408 e. The van der Waals surface area contributed by atoms with Crippen molar-refractivity contribution in [2.75, 3.05) is 6.54 Å². The van der Waals surface area contributed by atoms with Crippen LogP contribution in [0.2, 0.25) is 0 Å². The fourth-order valence-electron chi connectivity index (χ4n) is 1.64. The van der Waals surface area contributed by atoms with E-state index in [4.69, 9.17) is 4.74 Å². The summed E-state index contributed by atoms with van der Waals surface area (Å²) in [4.78, 5) is 22.8. The molecule has 92 valence electrons. The summed E-state index contributed by atoms with van der Waals surface area (Å²) in [6.45, 7) is 7.87. The Morgan fingerprint density at radius 3 is 2.62 bits per heavy atom. The molecule has 1 heterocycles. The van der Waals surface area contributed by atoms with Gasteiger partial charge >= 0.3 is 6.09 Å². The van der Waals surface area contributed by atoms with Gasteiger partial charge in [0.15, 0.2) is 0 Å². The molecule has 16 heavy (non-hydrogen) atoms. The van der Waals surface area contributed by atoms with Crippen molar-refractivity contribution in [3.05, 3.63) is 0 Å². The molecule has 2 amide bonds. The average Bonchev–Trinajstić information content (AvgIpc) is 1.96. The molecule has 0 aromatic rings. The smallest absolute Gasteiger partial charge is 0.408 e. The van der Waals surface area contributed by atoms with Crippen LogP contribution < -0.4 is 10.6 Å². The van der Waals surface area contributed by atoms with Gasteiger partial charge in [-0.05, 0) is 34.1 Å². The summed E-state index contributed by atoms with van der Waals surface area (Å²) in [6, 6.07) is 0. The van der Waals surface area contributed by atoms with Crippen LogP contribution in [0.3, 0.4) is 0 Å². The van der Waals surface area contributed by atoms with Gasteiger partial charge in [0, 0.05) is 13.0 Å². The highest BCUT2D eigenvalue weighted by molar-refractivity contribution is 5.79. The first-order valence-corrected chi connectivity index (χ1v) is 5.48. The highest BCUT2D eigenvalue weighted by Gasteiger charge is 2.33. The number of hydrogen-bond donors (Lipinski definition) is 2. The van der Waals surface area contributed by atoms with E-state index in [0.717, 1.165) is 6.42 Å². The molecular formula is C11H20N2O3. The van der Waals surface area contributed by atoms with Gasteiger partial charge in [-0.15, -0.1) is 0 Å². The highest BCUT2D eigenvalue weighted by atomic mass is 16.6. The molecular weight excluding hydrogens is 208 g/mol. The Kier molecular flexibility index (Phi) is 3.45. The maximum atomic E-state index is 11.6. The van der Waals surface area contributed by atoms with Gasteiger partial charge in [-0.1, -0.05) is 0 Å². The molecule has 0 bridgehead atoms. The lowest BCUT2D eigenvalue weighted by Crippen LogP contribution is -2.55. The Hall–Kier alpha value is -1.26. The number of alkyl carbamates (subject to hydrolysis) is 1. The summed E-state index contributed by atoms with van der Waals surface area (Å²) in [7, 11) is 0. The second-order valence-corrected chi connectivity index (χ2v) is 5.46. The fourth-order valence-corrected chi connectivity index (χ4v) is 1.64. The van der Waals surface area contributed by atoms with Crippen molar-refractivity contribution >= 4 is 12.0 Å². The minimum Gasteiger partial charge on any atom is -0.444 e. The summed E-state index contributed by atoms with van der Waals surface area (Å²) >= 11 is 0. The molecule has 1 aliphatic rings. The van der Waals surface area contributed by atoms with Crippen LogP contribution in [0.1, 0.15) is 40.5 Å². The van der Waals surface area contributed by atoms with Gasteiger partial charge in [0.05, 0.1) is 5.54 Å². The molecule has 1 rings (SSSR count). The zero-order valence-electron chi connectivity index (χ0n) is 10.3. The van der Waals surface area contributed by atoms with Crippen LogP contribution >= 0.6 is 0 Å². The van der Waals surface area contributed by atoms with Crippen molar-refractivity contribution in [2.24, 2.45) is 0 Å². The van der Waals surface area contributed by atoms with Crippen LogP contribution in [0.5, 0.6) is 0 Å². The topological polar surface area (TPSA) is 67.4 Å². The molecule has 0 aliphatic carbocycles. The molecule has 1 atom stereocenters. The lowest BCUT2D eigenvalue weighted by molar-refractivity contribution is -0.124. The van der Waals surface area contributed by atoms with Crippen LogP contribution in [0, 0.1) is 0 Å². The Bertz CT molecular complexity index is 296. The summed E-state index contributed by atoms with van der Waals surface area (Å²) in [6.07, 6.45) is 0.550. The Labute approximate surface area is 95.9 Å². The Morgan fingerprint density at radius 1 is 1.50 bits per heavy atom. The van der Waals surface area contributed by atoms with Gasteiger partial charge in [0.1, 0.15) is 5.60 Å². The van der Waals surface area contributed by atoms with Crippen LogP contribution in [-0.2, 0) is 9.53 Å². The van der Waals surface area contributed by atoms with Crippen LogP contribution in [-0.4, -0.2) is 29.7 Å². The number of carbonyl (C=O) groups is 2. The predicted octanol–water partition coefficient (Wildman–Crippen LogP) is 1.18. The normalized spacial score (nSPS) is 25.9. The summed E-state index contributed by atoms with van der Waals surface area (Å²) in [5.74, 6) is -0.0372. The minimum absolute atomic E-state index is 0.0372. The first-order valence-electron chi connectivity index (χ1n) is 5.48. The fraction of sp³-hybridized carbons (Fsp3) is 0.818. The molecule has 1 unspecified atom stereocenters. The number of ether oxygens (including phenoxy) is 1. The molecule has 1 saturated heterocycles. The third kappa shape index (κ3) is 4.08. The third-order valence-electron chi connectivity index (χ3n) is 2.35. The average molecular weight is 228 g/mol. The number of piperidine rings is 1. The van der Waals surface area contributed by atoms with Crippen LogP contribution in [0.4, 0.5) is 4.79 Å². The number of carbonyl (C=O) groups excluding carboxylic acids is 2. The van der Waals surface area contributed by atoms with Gasteiger partial charge in [-0.2, -0.15) is 0 Å². The minimum atomic E-state index is -0.516. The van der Waals surface area contributed by atoms with Crippen molar-refractivity contribution in [2.45, 2.75) is 51.7 Å². The Morgan fingerprint density at radius 2 is 2.12 bits per heavy atom. The van der Waals surface area contributed by atoms with Crippen molar-refractivity contribution in [1.29, 1.82) is 0 Å². The molecule has 0 aromatic carbocycles. The van der Waals surface area contributed by atoms with Crippen molar-refractivity contribution in [3.63, 3.8) is 0 Å². The first-order chi connectivity index (χ1) is 7.20. The van der Waals surface area contributed by atoms with Crippen molar-refractivity contribution < 1.29 is 14.3 Å². The molecule has 1 aliphatic heterocycles. The Balaban J connectivity index is 2.52. The second kappa shape index (κ2) is 4.31. The van der Waals surface area contributed by atoms with E-state index in [1.165, 1.54) is 0 Å². The molecule has 0 spiro atoms. The standard InChI is InChI=1S/C11H20N2O3/c1-10(2,3)16-9(15)13-11(4)5-6-12-8(14)7-11/h5-7H2,1-4H3,(H,12,14)(H,13,15). The van der Waals surface area contributed by atoms with E-state index in [1.807, 2.05) is 27.7 Å². The van der Waals surface area contributed by atoms with Crippen molar-refractivity contribution in [3.8, 4) is 0 Å². The first kappa shape index (κ1) is 12.8. The summed E-state index contributed by atoms with van der Waals surface area (Å²) in [5, 5.41) is 5.49. The van der Waals surface area contributed by atoms with Gasteiger partial charge < -0.3 is 15.4 Å². The molecule has 1 fully saturated rings. The lowest BCUT2D eigenvalue weighted by Gasteiger charge is -2.34. The number of nitrogens with one attached hydrogen (secondary N) is 2. The van der Waals surface area contributed by atoms with E-state index in [-0.39, 0.29) is 5.91 Å².